The highest BCUT2D eigenvalue weighted by Gasteiger charge is 2.29. The molecule has 1 amide bonds. The minimum Gasteiger partial charge on any atom is -0.423 e. The number of piperidine rings is 1. The minimum atomic E-state index is 0.141. The number of carbonyl (C=O) groups excluding carboxylic acids is 1. The van der Waals surface area contributed by atoms with Gasteiger partial charge in [-0.15, -0.1) is 0 Å². The molecule has 1 aliphatic heterocycles. The number of carbonyl (C=O) groups is 1. The Labute approximate surface area is 143 Å². The number of aromatic nitrogens is 1. The fourth-order valence-corrected chi connectivity index (χ4v) is 3.34. The number of oxazole rings is 1. The van der Waals surface area contributed by atoms with Crippen molar-refractivity contribution >= 4 is 23.0 Å². The van der Waals surface area contributed by atoms with Crippen LogP contribution in [0.1, 0.15) is 39.5 Å². The van der Waals surface area contributed by atoms with Crippen molar-refractivity contribution in [2.75, 3.05) is 31.1 Å². The molecule has 2 aromatic rings. The Balaban J connectivity index is 1.59. The van der Waals surface area contributed by atoms with Crippen LogP contribution in [-0.4, -0.2) is 42.0 Å². The third-order valence-electron chi connectivity index (χ3n) is 4.87. The number of benzene rings is 1. The van der Waals surface area contributed by atoms with Gasteiger partial charge in [0.05, 0.1) is 0 Å². The van der Waals surface area contributed by atoms with Gasteiger partial charge in [-0.1, -0.05) is 25.5 Å². The average Bonchev–Trinajstić information content (AvgIpc) is 3.06. The minimum absolute atomic E-state index is 0.141. The van der Waals surface area contributed by atoms with Gasteiger partial charge in [-0.25, -0.2) is 0 Å². The molecule has 0 saturated carbocycles. The summed E-state index contributed by atoms with van der Waals surface area (Å²) >= 11 is 0. The van der Waals surface area contributed by atoms with E-state index in [2.05, 4.69) is 23.7 Å². The molecule has 3 rings (SSSR count). The van der Waals surface area contributed by atoms with Crippen LogP contribution < -0.4 is 4.90 Å². The van der Waals surface area contributed by atoms with Crippen LogP contribution >= 0.6 is 0 Å². The fourth-order valence-electron chi connectivity index (χ4n) is 3.34. The molecule has 1 aromatic carbocycles. The lowest BCUT2D eigenvalue weighted by Crippen LogP contribution is -2.43. The Morgan fingerprint density at radius 3 is 2.71 bits per heavy atom. The van der Waals surface area contributed by atoms with Crippen molar-refractivity contribution in [3.05, 3.63) is 24.3 Å². The SMILES string of the molecule is CCCCN(CC)C(=O)C1CCN(c2nc3ccccc3o2)CC1. The standard InChI is InChI=1S/C19H27N3O2/c1-3-5-12-21(4-2)18(23)15-10-13-22(14-11-15)19-20-16-8-6-7-9-17(16)24-19/h6-9,15H,3-5,10-14H2,1-2H3. The van der Waals surface area contributed by atoms with Crippen molar-refractivity contribution in [3.63, 3.8) is 0 Å². The summed E-state index contributed by atoms with van der Waals surface area (Å²) in [6, 6.07) is 8.51. The first-order chi connectivity index (χ1) is 11.7. The van der Waals surface area contributed by atoms with Gasteiger partial charge in [0, 0.05) is 32.1 Å². The maximum absolute atomic E-state index is 12.7. The van der Waals surface area contributed by atoms with Crippen LogP contribution in [0.5, 0.6) is 0 Å². The Morgan fingerprint density at radius 1 is 1.29 bits per heavy atom. The predicted octanol–water partition coefficient (Wildman–Crippen LogP) is 3.69. The molecule has 1 fully saturated rings. The van der Waals surface area contributed by atoms with E-state index in [0.717, 1.165) is 63.0 Å². The predicted molar refractivity (Wildman–Crippen MR) is 96.1 cm³/mol. The summed E-state index contributed by atoms with van der Waals surface area (Å²) < 4.78 is 5.84. The van der Waals surface area contributed by atoms with Gasteiger partial charge in [0.1, 0.15) is 5.52 Å². The molecule has 0 radical (unpaired) electrons. The van der Waals surface area contributed by atoms with E-state index in [4.69, 9.17) is 4.42 Å². The summed E-state index contributed by atoms with van der Waals surface area (Å²) in [4.78, 5) is 21.4. The second-order valence-electron chi connectivity index (χ2n) is 6.50. The van der Waals surface area contributed by atoms with Gasteiger partial charge in [0.15, 0.2) is 5.58 Å². The summed E-state index contributed by atoms with van der Waals surface area (Å²) in [6.45, 7) is 7.59. The summed E-state index contributed by atoms with van der Waals surface area (Å²) in [5.41, 5.74) is 1.71. The number of hydrogen-bond acceptors (Lipinski definition) is 4. The number of nitrogens with zero attached hydrogens (tertiary/aromatic N) is 3. The molecule has 130 valence electrons. The molecule has 1 aromatic heterocycles. The van der Waals surface area contributed by atoms with Crippen molar-refractivity contribution in [2.24, 2.45) is 5.92 Å². The van der Waals surface area contributed by atoms with Crippen molar-refractivity contribution in [3.8, 4) is 0 Å². The quantitative estimate of drug-likeness (QED) is 0.811. The van der Waals surface area contributed by atoms with Crippen LogP contribution in [0, 0.1) is 5.92 Å². The lowest BCUT2D eigenvalue weighted by atomic mass is 9.95. The first kappa shape index (κ1) is 16.8. The average molecular weight is 329 g/mol. The number of hydrogen-bond donors (Lipinski definition) is 0. The molecular formula is C19H27N3O2. The van der Waals surface area contributed by atoms with E-state index in [1.165, 1.54) is 0 Å². The topological polar surface area (TPSA) is 49.6 Å². The fraction of sp³-hybridized carbons (Fsp3) is 0.579. The van der Waals surface area contributed by atoms with Gasteiger partial charge in [-0.2, -0.15) is 4.98 Å². The maximum Gasteiger partial charge on any atom is 0.298 e. The molecule has 5 heteroatoms. The molecular weight excluding hydrogens is 302 g/mol. The Kier molecular flexibility index (Phi) is 5.38. The molecule has 0 N–H and O–H groups in total. The van der Waals surface area contributed by atoms with Crippen LogP contribution in [0.2, 0.25) is 0 Å². The lowest BCUT2D eigenvalue weighted by molar-refractivity contribution is -0.136. The highest BCUT2D eigenvalue weighted by atomic mass is 16.4. The second-order valence-corrected chi connectivity index (χ2v) is 6.50. The largest absolute Gasteiger partial charge is 0.423 e. The van der Waals surface area contributed by atoms with Crippen LogP contribution in [0.25, 0.3) is 11.1 Å². The van der Waals surface area contributed by atoms with E-state index in [1.807, 2.05) is 29.2 Å². The zero-order chi connectivity index (χ0) is 16.9. The highest BCUT2D eigenvalue weighted by Crippen LogP contribution is 2.27. The van der Waals surface area contributed by atoms with E-state index in [0.29, 0.717) is 11.9 Å². The Morgan fingerprint density at radius 2 is 2.04 bits per heavy atom. The molecule has 24 heavy (non-hydrogen) atoms. The summed E-state index contributed by atoms with van der Waals surface area (Å²) in [6.07, 6.45) is 3.96. The number of rotatable bonds is 6. The van der Waals surface area contributed by atoms with Crippen LogP contribution in [0.15, 0.2) is 28.7 Å². The molecule has 5 nitrogen and oxygen atoms in total. The summed E-state index contributed by atoms with van der Waals surface area (Å²) in [5.74, 6) is 0.464. The molecule has 1 saturated heterocycles. The van der Waals surface area contributed by atoms with Crippen LogP contribution in [-0.2, 0) is 4.79 Å². The van der Waals surface area contributed by atoms with Gasteiger partial charge in [-0.3, -0.25) is 4.79 Å². The van der Waals surface area contributed by atoms with Gasteiger partial charge in [-0.05, 0) is 38.3 Å². The monoisotopic (exact) mass is 329 g/mol. The zero-order valence-corrected chi connectivity index (χ0v) is 14.7. The van der Waals surface area contributed by atoms with Gasteiger partial charge >= 0.3 is 0 Å². The summed E-state index contributed by atoms with van der Waals surface area (Å²) in [7, 11) is 0. The Bertz CT molecular complexity index is 641. The van der Waals surface area contributed by atoms with Crippen molar-refractivity contribution in [1.29, 1.82) is 0 Å². The molecule has 0 bridgehead atoms. The van der Waals surface area contributed by atoms with E-state index >= 15 is 0 Å². The summed E-state index contributed by atoms with van der Waals surface area (Å²) in [5, 5.41) is 0. The number of fused-ring (bicyclic) bond motifs is 1. The molecule has 0 aliphatic carbocycles. The number of unbranched alkanes of at least 4 members (excludes halogenated alkanes) is 1. The molecule has 0 unspecified atom stereocenters. The smallest absolute Gasteiger partial charge is 0.298 e. The van der Waals surface area contributed by atoms with Crippen molar-refractivity contribution in [2.45, 2.75) is 39.5 Å². The number of amides is 1. The van der Waals surface area contributed by atoms with E-state index in [-0.39, 0.29) is 5.92 Å². The van der Waals surface area contributed by atoms with Gasteiger partial charge in [0.25, 0.3) is 6.01 Å². The normalized spacial score (nSPS) is 15.8. The van der Waals surface area contributed by atoms with Gasteiger partial charge in [0.2, 0.25) is 5.91 Å². The number of para-hydroxylation sites is 2. The third kappa shape index (κ3) is 3.55. The van der Waals surface area contributed by atoms with Crippen molar-refractivity contribution < 1.29 is 9.21 Å². The molecule has 0 spiro atoms. The first-order valence-electron chi connectivity index (χ1n) is 9.12. The van der Waals surface area contributed by atoms with Crippen LogP contribution in [0.4, 0.5) is 6.01 Å². The zero-order valence-electron chi connectivity index (χ0n) is 14.7. The van der Waals surface area contributed by atoms with E-state index < -0.39 is 0 Å². The Hall–Kier alpha value is -2.04. The van der Waals surface area contributed by atoms with E-state index in [1.54, 1.807) is 0 Å². The highest BCUT2D eigenvalue weighted by molar-refractivity contribution is 5.79. The maximum atomic E-state index is 12.7. The van der Waals surface area contributed by atoms with Gasteiger partial charge < -0.3 is 14.2 Å². The number of anilines is 1. The van der Waals surface area contributed by atoms with Crippen molar-refractivity contribution in [1.82, 2.24) is 9.88 Å². The molecule has 2 heterocycles. The molecule has 1 aliphatic rings. The molecule has 0 atom stereocenters. The third-order valence-corrected chi connectivity index (χ3v) is 4.87. The lowest BCUT2D eigenvalue weighted by Gasteiger charge is -2.33. The first-order valence-corrected chi connectivity index (χ1v) is 9.12. The second kappa shape index (κ2) is 7.69. The van der Waals surface area contributed by atoms with Crippen LogP contribution in [0.3, 0.4) is 0 Å². The van der Waals surface area contributed by atoms with E-state index in [9.17, 15) is 4.79 Å².